The molecule has 32 heavy (non-hydrogen) atoms. The highest BCUT2D eigenvalue weighted by Crippen LogP contribution is 2.20. The molecule has 1 atom stereocenters. The van der Waals surface area contributed by atoms with Crippen LogP contribution in [-0.4, -0.2) is 28.8 Å². The molecule has 1 N–H and O–H groups in total. The topological polar surface area (TPSA) is 49.4 Å². The Balaban J connectivity index is 1.82. The summed E-state index contributed by atoms with van der Waals surface area (Å²) in [6.07, 6.45) is 6.45. The van der Waals surface area contributed by atoms with Crippen LogP contribution in [0.2, 0.25) is 5.02 Å². The molecule has 5 heteroatoms. The van der Waals surface area contributed by atoms with Gasteiger partial charge in [0.05, 0.1) is 6.42 Å². The molecule has 2 amide bonds. The van der Waals surface area contributed by atoms with Crippen molar-refractivity contribution in [2.45, 2.75) is 84.3 Å². The van der Waals surface area contributed by atoms with E-state index in [1.807, 2.05) is 45.0 Å². The van der Waals surface area contributed by atoms with Crippen LogP contribution in [0.25, 0.3) is 0 Å². The number of carbonyl (C=O) groups excluding carboxylic acids is 2. The molecule has 0 aliphatic heterocycles. The molecule has 0 radical (unpaired) electrons. The molecule has 1 aliphatic carbocycles. The van der Waals surface area contributed by atoms with Crippen LogP contribution in [0.15, 0.2) is 42.5 Å². The molecule has 0 heterocycles. The second-order valence-electron chi connectivity index (χ2n) is 9.09. The minimum Gasteiger partial charge on any atom is -0.352 e. The highest BCUT2D eigenvalue weighted by molar-refractivity contribution is 6.30. The average molecular weight is 455 g/mol. The summed E-state index contributed by atoms with van der Waals surface area (Å²) >= 11 is 6.05. The number of aryl methyl sites for hydroxylation is 2. The standard InChI is InChI=1S/C27H35ClN2O2/c1-4-25(27(32)29-24-8-6-5-7-9-24)30(18-21-10-12-23(28)13-11-21)26(31)17-22-15-19(2)14-20(3)16-22/h10-16,24-25H,4-9,17-18H2,1-3H3,(H,29,32)/t25-/m0/s1. The molecule has 0 unspecified atom stereocenters. The summed E-state index contributed by atoms with van der Waals surface area (Å²) < 4.78 is 0. The van der Waals surface area contributed by atoms with Crippen LogP contribution >= 0.6 is 11.6 Å². The Morgan fingerprint density at radius 1 is 1.00 bits per heavy atom. The van der Waals surface area contributed by atoms with Crippen LogP contribution < -0.4 is 5.32 Å². The molecule has 1 saturated carbocycles. The second kappa shape index (κ2) is 11.5. The maximum Gasteiger partial charge on any atom is 0.243 e. The van der Waals surface area contributed by atoms with E-state index in [0.29, 0.717) is 18.0 Å². The van der Waals surface area contributed by atoms with Gasteiger partial charge in [-0.25, -0.2) is 0 Å². The fourth-order valence-corrected chi connectivity index (χ4v) is 4.82. The Morgan fingerprint density at radius 3 is 2.22 bits per heavy atom. The van der Waals surface area contributed by atoms with Gasteiger partial charge in [0.25, 0.3) is 0 Å². The van der Waals surface area contributed by atoms with Crippen molar-refractivity contribution in [2.24, 2.45) is 0 Å². The smallest absolute Gasteiger partial charge is 0.243 e. The lowest BCUT2D eigenvalue weighted by molar-refractivity contribution is -0.141. The van der Waals surface area contributed by atoms with E-state index in [2.05, 4.69) is 23.5 Å². The van der Waals surface area contributed by atoms with E-state index in [0.717, 1.165) is 47.9 Å². The lowest BCUT2D eigenvalue weighted by atomic mass is 9.95. The maximum absolute atomic E-state index is 13.5. The summed E-state index contributed by atoms with van der Waals surface area (Å²) in [5, 5.41) is 3.88. The Morgan fingerprint density at radius 2 is 1.62 bits per heavy atom. The van der Waals surface area contributed by atoms with Crippen molar-refractivity contribution in [1.82, 2.24) is 10.2 Å². The van der Waals surface area contributed by atoms with Gasteiger partial charge in [-0.15, -0.1) is 0 Å². The molecular formula is C27H35ClN2O2. The third kappa shape index (κ3) is 6.83. The van der Waals surface area contributed by atoms with Crippen molar-refractivity contribution in [1.29, 1.82) is 0 Å². The summed E-state index contributed by atoms with van der Waals surface area (Å²) in [6.45, 7) is 6.44. The van der Waals surface area contributed by atoms with Crippen LogP contribution in [0.3, 0.4) is 0 Å². The lowest BCUT2D eigenvalue weighted by Crippen LogP contribution is -2.51. The second-order valence-corrected chi connectivity index (χ2v) is 9.52. The predicted octanol–water partition coefficient (Wildman–Crippen LogP) is 5.76. The van der Waals surface area contributed by atoms with E-state index in [1.165, 1.54) is 6.42 Å². The van der Waals surface area contributed by atoms with E-state index in [9.17, 15) is 9.59 Å². The summed E-state index contributed by atoms with van der Waals surface area (Å²) in [4.78, 5) is 28.5. The van der Waals surface area contributed by atoms with Crippen molar-refractivity contribution in [3.05, 3.63) is 69.7 Å². The van der Waals surface area contributed by atoms with E-state index in [1.54, 1.807) is 4.90 Å². The lowest BCUT2D eigenvalue weighted by Gasteiger charge is -2.33. The van der Waals surface area contributed by atoms with Gasteiger partial charge in [0.2, 0.25) is 11.8 Å². The molecule has 1 fully saturated rings. The first-order valence-electron chi connectivity index (χ1n) is 11.8. The molecule has 0 spiro atoms. The van der Waals surface area contributed by atoms with Crippen molar-refractivity contribution < 1.29 is 9.59 Å². The van der Waals surface area contributed by atoms with Crippen LogP contribution in [0.4, 0.5) is 0 Å². The zero-order chi connectivity index (χ0) is 23.1. The van der Waals surface area contributed by atoms with Crippen molar-refractivity contribution in [3.63, 3.8) is 0 Å². The number of hydrogen-bond donors (Lipinski definition) is 1. The highest BCUT2D eigenvalue weighted by atomic mass is 35.5. The largest absolute Gasteiger partial charge is 0.352 e. The van der Waals surface area contributed by atoms with Crippen LogP contribution in [0.5, 0.6) is 0 Å². The minimum absolute atomic E-state index is 0.0319. The molecule has 3 rings (SSSR count). The molecule has 1 aliphatic rings. The first-order valence-corrected chi connectivity index (χ1v) is 12.1. The summed E-state index contributed by atoms with van der Waals surface area (Å²) in [7, 11) is 0. The normalized spacial score (nSPS) is 15.2. The zero-order valence-electron chi connectivity index (χ0n) is 19.5. The number of halogens is 1. The number of carbonyl (C=O) groups is 2. The van der Waals surface area contributed by atoms with Gasteiger partial charge in [-0.05, 0) is 56.4 Å². The number of nitrogens with zero attached hydrogens (tertiary/aromatic N) is 1. The average Bonchev–Trinajstić information content (AvgIpc) is 2.75. The number of amides is 2. The predicted molar refractivity (Wildman–Crippen MR) is 131 cm³/mol. The Labute approximate surface area is 197 Å². The van der Waals surface area contributed by atoms with Crippen molar-refractivity contribution in [3.8, 4) is 0 Å². The third-order valence-electron chi connectivity index (χ3n) is 6.24. The van der Waals surface area contributed by atoms with E-state index in [4.69, 9.17) is 11.6 Å². The van der Waals surface area contributed by atoms with E-state index < -0.39 is 6.04 Å². The number of hydrogen-bond acceptors (Lipinski definition) is 2. The van der Waals surface area contributed by atoms with Gasteiger partial charge in [-0.1, -0.05) is 79.2 Å². The van der Waals surface area contributed by atoms with Crippen LogP contribution in [0, 0.1) is 13.8 Å². The molecule has 0 saturated heterocycles. The fourth-order valence-electron chi connectivity index (χ4n) is 4.70. The first kappa shape index (κ1) is 24.3. The van der Waals surface area contributed by atoms with Gasteiger partial charge in [0.15, 0.2) is 0 Å². The first-order chi connectivity index (χ1) is 15.4. The molecule has 2 aromatic rings. The summed E-state index contributed by atoms with van der Waals surface area (Å²) in [6, 6.07) is 13.4. The van der Waals surface area contributed by atoms with Crippen LogP contribution in [-0.2, 0) is 22.6 Å². The van der Waals surface area contributed by atoms with Crippen molar-refractivity contribution >= 4 is 23.4 Å². The SMILES string of the molecule is CC[C@@H](C(=O)NC1CCCCC1)N(Cc1ccc(Cl)cc1)C(=O)Cc1cc(C)cc(C)c1. The fraction of sp³-hybridized carbons (Fsp3) is 0.481. The van der Waals surface area contributed by atoms with Gasteiger partial charge in [0.1, 0.15) is 6.04 Å². The number of benzene rings is 2. The monoisotopic (exact) mass is 454 g/mol. The Hall–Kier alpha value is -2.33. The Bertz CT molecular complexity index is 900. The van der Waals surface area contributed by atoms with Gasteiger partial charge < -0.3 is 10.2 Å². The minimum atomic E-state index is -0.494. The highest BCUT2D eigenvalue weighted by Gasteiger charge is 2.30. The molecule has 4 nitrogen and oxygen atoms in total. The summed E-state index contributed by atoms with van der Waals surface area (Å²) in [5.41, 5.74) is 4.22. The zero-order valence-corrected chi connectivity index (χ0v) is 20.3. The number of nitrogens with one attached hydrogen (secondary N) is 1. The molecule has 2 aromatic carbocycles. The van der Waals surface area contributed by atoms with Crippen molar-refractivity contribution in [2.75, 3.05) is 0 Å². The van der Waals surface area contributed by atoms with Gasteiger partial charge >= 0.3 is 0 Å². The molecule has 172 valence electrons. The molecular weight excluding hydrogens is 420 g/mol. The number of rotatable bonds is 8. The maximum atomic E-state index is 13.5. The van der Waals surface area contributed by atoms with E-state index >= 15 is 0 Å². The molecule has 0 bridgehead atoms. The van der Waals surface area contributed by atoms with Gasteiger partial charge in [-0.2, -0.15) is 0 Å². The van der Waals surface area contributed by atoms with Crippen LogP contribution in [0.1, 0.15) is 67.7 Å². The summed E-state index contributed by atoms with van der Waals surface area (Å²) in [5.74, 6) is -0.0715. The van der Waals surface area contributed by atoms with E-state index in [-0.39, 0.29) is 24.3 Å². The third-order valence-corrected chi connectivity index (χ3v) is 6.49. The van der Waals surface area contributed by atoms with Gasteiger partial charge in [-0.3, -0.25) is 9.59 Å². The Kier molecular flexibility index (Phi) is 8.75. The quantitative estimate of drug-likeness (QED) is 0.551. The molecule has 0 aromatic heterocycles. The van der Waals surface area contributed by atoms with Gasteiger partial charge in [0, 0.05) is 17.6 Å².